The summed E-state index contributed by atoms with van der Waals surface area (Å²) in [5.74, 6) is 0. The third kappa shape index (κ3) is 1.30. The summed E-state index contributed by atoms with van der Waals surface area (Å²) < 4.78 is 0. The topological polar surface area (TPSA) is 24.7 Å². The lowest BCUT2D eigenvalue weighted by atomic mass is 10.5. The van der Waals surface area contributed by atoms with Gasteiger partial charge in [-0.3, -0.25) is 0 Å². The Balaban J connectivity index is 2.60. The third-order valence-electron chi connectivity index (χ3n) is 0.614. The molecule has 1 heterocycles. The van der Waals surface area contributed by atoms with Crippen LogP contribution in [0.3, 0.4) is 0 Å². The van der Waals surface area contributed by atoms with Gasteiger partial charge < -0.3 is 0 Å². The van der Waals surface area contributed by atoms with E-state index in [1.54, 1.807) is 12.4 Å². The second-order valence-corrected chi connectivity index (χ2v) is 1.13. The first kappa shape index (κ1) is 4.24. The highest BCUT2D eigenvalue weighted by Crippen LogP contribution is 1.81. The molecule has 35 valence electrons. The van der Waals surface area contributed by atoms with Gasteiger partial charge in [-0.05, 0) is 6.08 Å². The predicted molar refractivity (Wildman–Crippen MR) is 29.4 cm³/mol. The van der Waals surface area contributed by atoms with Crippen molar-refractivity contribution in [1.29, 1.82) is 0 Å². The Morgan fingerprint density at radius 2 is 2.43 bits per heavy atom. The van der Waals surface area contributed by atoms with E-state index in [1.165, 1.54) is 6.34 Å². The van der Waals surface area contributed by atoms with Crippen LogP contribution < -0.4 is 0 Å². The van der Waals surface area contributed by atoms with E-state index >= 15 is 0 Å². The Labute approximate surface area is 42.3 Å². The fourth-order valence-electron chi connectivity index (χ4n) is 0.330. The van der Waals surface area contributed by atoms with Gasteiger partial charge in [0.2, 0.25) is 0 Å². The van der Waals surface area contributed by atoms with Gasteiger partial charge in [-0.2, -0.15) is 0 Å². The molecule has 1 aliphatic heterocycles. The highest BCUT2D eigenvalue weighted by molar-refractivity contribution is 5.73. The lowest BCUT2D eigenvalue weighted by molar-refractivity contribution is 1.43. The van der Waals surface area contributed by atoms with E-state index in [0.29, 0.717) is 0 Å². The zero-order valence-electron chi connectivity index (χ0n) is 3.83. The molecule has 0 aliphatic carbocycles. The monoisotopic (exact) mass is 93.0 g/mol. The van der Waals surface area contributed by atoms with Crippen LogP contribution in [-0.2, 0) is 0 Å². The standard InChI is InChI=1S/C5H5N2/c1-2-4-7-5-6-3-1/h3-5H,1H2. The minimum atomic E-state index is 0.778. The molecule has 0 aromatic rings. The van der Waals surface area contributed by atoms with Crippen molar-refractivity contribution in [3.63, 3.8) is 0 Å². The Morgan fingerprint density at radius 3 is 3.43 bits per heavy atom. The van der Waals surface area contributed by atoms with E-state index in [0.717, 1.165) is 6.42 Å². The van der Waals surface area contributed by atoms with Crippen molar-refractivity contribution in [2.45, 2.75) is 6.42 Å². The smallest absolute Gasteiger partial charge is 0.114 e. The minimum Gasteiger partial charge on any atom is -0.249 e. The first-order valence-corrected chi connectivity index (χ1v) is 2.08. The summed E-state index contributed by atoms with van der Waals surface area (Å²) in [6.07, 6.45) is 8.53. The lowest BCUT2D eigenvalue weighted by Gasteiger charge is -1.66. The van der Waals surface area contributed by atoms with Crippen molar-refractivity contribution >= 4 is 12.6 Å². The Hall–Kier alpha value is -0.920. The first-order chi connectivity index (χ1) is 3.50. The van der Waals surface area contributed by atoms with E-state index in [9.17, 15) is 0 Å². The molecule has 2 nitrogen and oxygen atoms in total. The van der Waals surface area contributed by atoms with E-state index < -0.39 is 0 Å². The van der Waals surface area contributed by atoms with Gasteiger partial charge in [0, 0.05) is 18.8 Å². The maximum Gasteiger partial charge on any atom is 0.114 e. The summed E-state index contributed by atoms with van der Waals surface area (Å²) in [5, 5.41) is 0. The van der Waals surface area contributed by atoms with Crippen LogP contribution in [0, 0.1) is 6.08 Å². The van der Waals surface area contributed by atoms with Gasteiger partial charge >= 0.3 is 0 Å². The maximum atomic E-state index is 3.76. The molecule has 0 fully saturated rings. The van der Waals surface area contributed by atoms with Gasteiger partial charge in [0.25, 0.3) is 0 Å². The molecule has 1 radical (unpaired) electrons. The van der Waals surface area contributed by atoms with E-state index in [1.807, 2.05) is 0 Å². The molecule has 0 spiro atoms. The Morgan fingerprint density at radius 1 is 1.43 bits per heavy atom. The zero-order chi connectivity index (χ0) is 4.95. The van der Waals surface area contributed by atoms with E-state index in [4.69, 9.17) is 0 Å². The van der Waals surface area contributed by atoms with Gasteiger partial charge in [0.05, 0.1) is 0 Å². The minimum absolute atomic E-state index is 0.778. The lowest BCUT2D eigenvalue weighted by Crippen LogP contribution is -1.65. The van der Waals surface area contributed by atoms with Crippen LogP contribution in [-0.4, -0.2) is 12.6 Å². The first-order valence-electron chi connectivity index (χ1n) is 2.08. The number of nitrogens with zero attached hydrogens (tertiary/aromatic N) is 2. The van der Waals surface area contributed by atoms with Crippen LogP contribution in [0.25, 0.3) is 0 Å². The summed E-state index contributed by atoms with van der Waals surface area (Å²) in [7, 11) is 0. The van der Waals surface area contributed by atoms with Crippen molar-refractivity contribution in [2.24, 2.45) is 9.98 Å². The average molecular weight is 93.1 g/mol. The molecule has 0 aromatic heterocycles. The average Bonchev–Trinajstić information content (AvgIpc) is 1.90. The summed E-state index contributed by atoms with van der Waals surface area (Å²) in [4.78, 5) is 7.47. The quantitative estimate of drug-likeness (QED) is 0.423. The van der Waals surface area contributed by atoms with Crippen molar-refractivity contribution in [1.82, 2.24) is 0 Å². The van der Waals surface area contributed by atoms with Crippen molar-refractivity contribution in [3.05, 3.63) is 12.3 Å². The molecule has 0 aromatic carbocycles. The van der Waals surface area contributed by atoms with Gasteiger partial charge in [0.1, 0.15) is 6.34 Å². The van der Waals surface area contributed by atoms with Gasteiger partial charge in [-0.1, -0.05) is 0 Å². The molecule has 0 saturated heterocycles. The number of rotatable bonds is 0. The molecule has 1 aliphatic rings. The molecular weight excluding hydrogens is 88.1 g/mol. The van der Waals surface area contributed by atoms with Crippen LogP contribution in [0.2, 0.25) is 0 Å². The summed E-state index contributed by atoms with van der Waals surface area (Å²) >= 11 is 0. The molecule has 7 heavy (non-hydrogen) atoms. The molecule has 0 saturated carbocycles. The van der Waals surface area contributed by atoms with Crippen LogP contribution in [0.1, 0.15) is 6.42 Å². The van der Waals surface area contributed by atoms with Crippen LogP contribution in [0.5, 0.6) is 0 Å². The highest BCUT2D eigenvalue weighted by atomic mass is 14.8. The van der Waals surface area contributed by atoms with Crippen LogP contribution in [0.15, 0.2) is 16.2 Å². The molecule has 0 N–H and O–H groups in total. The largest absolute Gasteiger partial charge is 0.249 e. The fourth-order valence-corrected chi connectivity index (χ4v) is 0.330. The second-order valence-electron chi connectivity index (χ2n) is 1.13. The Kier molecular flexibility index (Phi) is 1.39. The summed E-state index contributed by atoms with van der Waals surface area (Å²) in [5.41, 5.74) is 0. The number of allylic oxidation sites excluding steroid dienone is 1. The maximum absolute atomic E-state index is 3.76. The molecular formula is C5H5N2. The predicted octanol–water partition coefficient (Wildman–Crippen LogP) is 0.806. The number of hydrogen-bond donors (Lipinski definition) is 0. The van der Waals surface area contributed by atoms with Gasteiger partial charge in [-0.15, -0.1) is 0 Å². The molecule has 1 rings (SSSR count). The van der Waals surface area contributed by atoms with Crippen LogP contribution in [0.4, 0.5) is 0 Å². The van der Waals surface area contributed by atoms with Crippen molar-refractivity contribution in [2.75, 3.05) is 0 Å². The third-order valence-corrected chi connectivity index (χ3v) is 0.614. The second kappa shape index (κ2) is 2.29. The SMILES string of the molecule is [C]1=CN=CN=CC1. The van der Waals surface area contributed by atoms with Crippen LogP contribution >= 0.6 is 0 Å². The number of hydrogen-bond acceptors (Lipinski definition) is 2. The fraction of sp³-hybridized carbons (Fsp3) is 0.200. The van der Waals surface area contributed by atoms with E-state index in [2.05, 4.69) is 16.1 Å². The molecule has 2 heteroatoms. The molecule has 0 unspecified atom stereocenters. The normalized spacial score (nSPS) is 17.1. The highest BCUT2D eigenvalue weighted by Gasteiger charge is 1.73. The molecule has 0 amide bonds. The summed E-state index contributed by atoms with van der Waals surface area (Å²) in [6, 6.07) is 0. The molecule has 0 atom stereocenters. The number of aliphatic imine (C=N–C) groups is 2. The Bertz CT molecular complexity index is 108. The zero-order valence-corrected chi connectivity index (χ0v) is 3.83. The van der Waals surface area contributed by atoms with Gasteiger partial charge in [-0.25, -0.2) is 9.98 Å². The summed E-state index contributed by atoms with van der Waals surface area (Å²) in [6.45, 7) is 0. The van der Waals surface area contributed by atoms with E-state index in [-0.39, 0.29) is 0 Å². The molecule has 0 bridgehead atoms. The van der Waals surface area contributed by atoms with Gasteiger partial charge in [0.15, 0.2) is 0 Å². The van der Waals surface area contributed by atoms with Crippen molar-refractivity contribution < 1.29 is 0 Å². The van der Waals surface area contributed by atoms with Crippen molar-refractivity contribution in [3.8, 4) is 0 Å².